The monoisotopic (exact) mass is 632 g/mol. The van der Waals surface area contributed by atoms with Crippen molar-refractivity contribution in [1.82, 2.24) is 25.0 Å². The molecule has 3 heterocycles. The van der Waals surface area contributed by atoms with Gasteiger partial charge in [0.05, 0.1) is 22.7 Å². The molecule has 2 aliphatic rings. The third-order valence-corrected chi connectivity index (χ3v) is 8.23. The molecule has 6 rings (SSSR count). The Morgan fingerprint density at radius 3 is 2.50 bits per heavy atom. The highest BCUT2D eigenvalue weighted by atomic mass is 32.2. The Hall–Kier alpha value is -4.21. The van der Waals surface area contributed by atoms with Gasteiger partial charge >= 0.3 is 0 Å². The van der Waals surface area contributed by atoms with Gasteiger partial charge in [-0.05, 0) is 30.2 Å². The predicted octanol–water partition coefficient (Wildman–Crippen LogP) is 4.75. The van der Waals surface area contributed by atoms with Crippen LogP contribution in [0.5, 0.6) is 11.6 Å². The first-order chi connectivity index (χ1) is 21.1. The Morgan fingerprint density at radius 2 is 1.77 bits per heavy atom. The van der Waals surface area contributed by atoms with Crippen molar-refractivity contribution in [2.75, 3.05) is 18.4 Å². The Kier molecular flexibility index (Phi) is 7.94. The number of thiol groups is 1. The van der Waals surface area contributed by atoms with Gasteiger partial charge < -0.3 is 15.4 Å². The zero-order chi connectivity index (χ0) is 31.1. The van der Waals surface area contributed by atoms with Crippen molar-refractivity contribution in [3.05, 3.63) is 95.6 Å². The summed E-state index contributed by atoms with van der Waals surface area (Å²) < 4.78 is 104. The first kappa shape index (κ1) is 29.8. The fraction of sp³-hybridized carbons (Fsp3) is 0.276. The highest BCUT2D eigenvalue weighted by Crippen LogP contribution is 2.63. The summed E-state index contributed by atoms with van der Waals surface area (Å²) in [6.07, 6.45) is 2.80. The lowest BCUT2D eigenvalue weighted by atomic mass is 9.92. The molecule has 44 heavy (non-hydrogen) atoms. The minimum absolute atomic E-state index is 0.147. The van der Waals surface area contributed by atoms with E-state index >= 15 is 13.2 Å². The SMILES string of the molecule is O=[SH](=O)NC(c1ccccc1)c1c(F)cc(Oc2ncccc2-c2ccnc(NC3CNCC4(C3)CC4(F)F)n2)c(F)c1F. The van der Waals surface area contributed by atoms with Gasteiger partial charge in [0.15, 0.2) is 11.6 Å². The van der Waals surface area contributed by atoms with Crippen molar-refractivity contribution >= 4 is 16.8 Å². The van der Waals surface area contributed by atoms with Crippen molar-refractivity contribution in [2.24, 2.45) is 5.41 Å². The van der Waals surface area contributed by atoms with Crippen LogP contribution in [0.4, 0.5) is 27.9 Å². The Morgan fingerprint density at radius 1 is 1.00 bits per heavy atom. The molecule has 2 fully saturated rings. The molecule has 4 aromatic rings. The number of aromatic nitrogens is 3. The summed E-state index contributed by atoms with van der Waals surface area (Å²) >= 11 is 0. The molecular formula is C29H25F5N6O3S. The first-order valence-corrected chi connectivity index (χ1v) is 14.7. The Balaban J connectivity index is 1.27. The summed E-state index contributed by atoms with van der Waals surface area (Å²) in [5, 5.41) is 6.10. The first-order valence-electron chi connectivity index (χ1n) is 13.5. The van der Waals surface area contributed by atoms with Gasteiger partial charge in [-0.1, -0.05) is 30.3 Å². The van der Waals surface area contributed by atoms with Crippen molar-refractivity contribution in [2.45, 2.75) is 30.8 Å². The average molecular weight is 633 g/mol. The minimum atomic E-state index is -3.31. The molecule has 1 spiro atoms. The second kappa shape index (κ2) is 11.7. The van der Waals surface area contributed by atoms with E-state index in [-0.39, 0.29) is 54.1 Å². The van der Waals surface area contributed by atoms with Crippen LogP contribution in [0.2, 0.25) is 0 Å². The lowest BCUT2D eigenvalue weighted by Crippen LogP contribution is -2.46. The normalized spacial score (nSPS) is 21.3. The van der Waals surface area contributed by atoms with E-state index in [9.17, 15) is 17.2 Å². The predicted molar refractivity (Wildman–Crippen MR) is 150 cm³/mol. The number of benzene rings is 2. The summed E-state index contributed by atoms with van der Waals surface area (Å²) in [7, 11) is -3.31. The Bertz CT molecular complexity index is 1770. The van der Waals surface area contributed by atoms with Gasteiger partial charge in [0, 0.05) is 49.6 Å². The summed E-state index contributed by atoms with van der Waals surface area (Å²) in [5.74, 6) is -8.12. The molecule has 2 aromatic carbocycles. The van der Waals surface area contributed by atoms with Crippen molar-refractivity contribution < 1.29 is 35.1 Å². The molecule has 1 saturated heterocycles. The number of ether oxygens (including phenoxy) is 1. The van der Waals surface area contributed by atoms with Crippen LogP contribution >= 0.6 is 0 Å². The van der Waals surface area contributed by atoms with E-state index in [1.54, 1.807) is 12.1 Å². The molecular weight excluding hydrogens is 607 g/mol. The van der Waals surface area contributed by atoms with Gasteiger partial charge in [0.25, 0.3) is 5.92 Å². The summed E-state index contributed by atoms with van der Waals surface area (Å²) in [4.78, 5) is 12.7. The number of anilines is 1. The summed E-state index contributed by atoms with van der Waals surface area (Å²) in [5.41, 5.74) is -1.27. The zero-order valence-electron chi connectivity index (χ0n) is 22.7. The van der Waals surface area contributed by atoms with Crippen molar-refractivity contribution in [1.29, 1.82) is 0 Å². The number of rotatable bonds is 9. The van der Waals surface area contributed by atoms with Crippen LogP contribution < -0.4 is 20.1 Å². The number of hydrogen-bond donors (Lipinski definition) is 4. The van der Waals surface area contributed by atoms with Crippen LogP contribution in [0.25, 0.3) is 11.3 Å². The molecule has 0 bridgehead atoms. The van der Waals surface area contributed by atoms with E-state index in [1.165, 1.54) is 48.8 Å². The number of pyridine rings is 1. The second-order valence-corrected chi connectivity index (χ2v) is 11.5. The molecule has 230 valence electrons. The number of alkyl halides is 2. The second-order valence-electron chi connectivity index (χ2n) is 10.7. The van der Waals surface area contributed by atoms with Gasteiger partial charge in [-0.25, -0.2) is 45.7 Å². The molecule has 9 nitrogen and oxygen atoms in total. The van der Waals surface area contributed by atoms with Crippen LogP contribution in [0.3, 0.4) is 0 Å². The van der Waals surface area contributed by atoms with Crippen LogP contribution in [0, 0.1) is 22.9 Å². The molecule has 0 radical (unpaired) electrons. The largest absolute Gasteiger partial charge is 0.435 e. The molecule has 15 heteroatoms. The van der Waals surface area contributed by atoms with E-state index in [0.717, 1.165) is 0 Å². The molecule has 1 aliphatic heterocycles. The van der Waals surface area contributed by atoms with Gasteiger partial charge in [0.1, 0.15) is 5.82 Å². The molecule has 3 N–H and O–H groups in total. The quantitative estimate of drug-likeness (QED) is 0.119. The van der Waals surface area contributed by atoms with Crippen LogP contribution in [0.1, 0.15) is 30.0 Å². The highest BCUT2D eigenvalue weighted by Gasteiger charge is 2.71. The van der Waals surface area contributed by atoms with E-state index in [0.29, 0.717) is 12.6 Å². The topological polar surface area (TPSA) is 118 Å². The number of nitrogens with one attached hydrogen (secondary N) is 3. The van der Waals surface area contributed by atoms with Gasteiger partial charge in [-0.2, -0.15) is 4.39 Å². The number of hydrogen-bond acceptors (Lipinski definition) is 8. The molecule has 2 aromatic heterocycles. The third kappa shape index (κ3) is 5.81. The average Bonchev–Trinajstić information content (AvgIpc) is 3.52. The molecule has 3 unspecified atom stereocenters. The maximum atomic E-state index is 15.4. The standard InChI is InChI=1S/C29H25F5N6O3S/c30-19-11-21(23(31)24(32)22(19)25(40-44(41)42)16-5-2-1-3-6-16)43-26-18(7-4-9-36-26)20-8-10-37-27(39-20)38-17-12-28(15-35-13-17)14-29(28,33)34/h1-11,17,25,35,44H,12-15H2,(H,37,38,39)(H,40,41,42). The molecule has 1 aliphatic carbocycles. The minimum Gasteiger partial charge on any atom is -0.435 e. The van der Waals surface area contributed by atoms with Gasteiger partial charge in [0.2, 0.25) is 28.5 Å². The fourth-order valence-electron chi connectivity index (χ4n) is 5.51. The number of nitrogens with zero attached hydrogens (tertiary/aromatic N) is 3. The van der Waals surface area contributed by atoms with Crippen molar-refractivity contribution in [3.63, 3.8) is 0 Å². The van der Waals surface area contributed by atoms with Crippen LogP contribution in [-0.4, -0.2) is 48.4 Å². The molecule has 0 amide bonds. The van der Waals surface area contributed by atoms with Crippen LogP contribution in [-0.2, 0) is 10.9 Å². The van der Waals surface area contributed by atoms with Gasteiger partial charge in [-0.15, -0.1) is 0 Å². The summed E-state index contributed by atoms with van der Waals surface area (Å²) in [6.45, 7) is 0.668. The maximum absolute atomic E-state index is 15.4. The lowest BCUT2D eigenvalue weighted by molar-refractivity contribution is 0.0515. The van der Waals surface area contributed by atoms with Gasteiger partial charge in [-0.3, -0.25) is 0 Å². The van der Waals surface area contributed by atoms with E-state index in [1.807, 2.05) is 0 Å². The fourth-order valence-corrected chi connectivity index (χ4v) is 6.00. The van der Waals surface area contributed by atoms with E-state index in [2.05, 4.69) is 30.3 Å². The third-order valence-electron chi connectivity index (χ3n) is 7.76. The smallest absolute Gasteiger partial charge is 0.255 e. The number of piperidine rings is 1. The summed E-state index contributed by atoms with van der Waals surface area (Å²) in [6, 6.07) is 10.9. The molecule has 1 saturated carbocycles. The zero-order valence-corrected chi connectivity index (χ0v) is 23.6. The lowest BCUT2D eigenvalue weighted by Gasteiger charge is -2.30. The maximum Gasteiger partial charge on any atom is 0.255 e. The van der Waals surface area contributed by atoms with E-state index in [4.69, 9.17) is 4.74 Å². The highest BCUT2D eigenvalue weighted by molar-refractivity contribution is 7.70. The van der Waals surface area contributed by atoms with Crippen LogP contribution in [0.15, 0.2) is 67.0 Å². The number of halogens is 5. The van der Waals surface area contributed by atoms with Crippen molar-refractivity contribution in [3.8, 4) is 22.9 Å². The van der Waals surface area contributed by atoms with E-state index < -0.39 is 57.0 Å². The Labute approximate surface area is 250 Å². The molecule has 3 atom stereocenters.